The van der Waals surface area contributed by atoms with Gasteiger partial charge in [0.05, 0.1) is 29.5 Å². The van der Waals surface area contributed by atoms with Gasteiger partial charge in [-0.2, -0.15) is 0 Å². The molecule has 0 spiro atoms. The van der Waals surface area contributed by atoms with Crippen LogP contribution < -0.4 is 14.2 Å². The number of benzene rings is 2. The second kappa shape index (κ2) is 9.72. The smallest absolute Gasteiger partial charge is 0.264 e. The molecule has 8 nitrogen and oxygen atoms in total. The van der Waals surface area contributed by atoms with Gasteiger partial charge < -0.3 is 9.47 Å². The SMILES string of the molecule is CCOc1ccc([C@H]2C[C@@]2(C(=O)NS(=O)(=O)c2cccc3nc(C)ccc23)c2cc(C)ccc2OC)cn1. The number of hydrogen-bond acceptors (Lipinski definition) is 7. The highest BCUT2D eigenvalue weighted by Crippen LogP contribution is 2.62. The number of methoxy groups -OCH3 is 1. The van der Waals surface area contributed by atoms with Crippen LogP contribution in [0.25, 0.3) is 10.9 Å². The summed E-state index contributed by atoms with van der Waals surface area (Å²) >= 11 is 0. The number of amides is 1. The van der Waals surface area contributed by atoms with Gasteiger partial charge in [-0.25, -0.2) is 18.1 Å². The fourth-order valence-corrected chi connectivity index (χ4v) is 6.32. The van der Waals surface area contributed by atoms with Gasteiger partial charge in [0.1, 0.15) is 5.75 Å². The first-order chi connectivity index (χ1) is 18.2. The zero-order valence-electron chi connectivity index (χ0n) is 21.7. The number of carbonyl (C=O) groups is 1. The predicted octanol–water partition coefficient (Wildman–Crippen LogP) is 4.58. The van der Waals surface area contributed by atoms with Gasteiger partial charge in [0.15, 0.2) is 0 Å². The summed E-state index contributed by atoms with van der Waals surface area (Å²) in [4.78, 5) is 22.8. The van der Waals surface area contributed by atoms with E-state index in [-0.39, 0.29) is 10.8 Å². The normalized spacial score (nSPS) is 18.7. The molecule has 1 N–H and O–H groups in total. The molecule has 1 aliphatic rings. The first-order valence-corrected chi connectivity index (χ1v) is 13.9. The molecule has 2 aromatic heterocycles. The highest BCUT2D eigenvalue weighted by Gasteiger charge is 2.63. The topological polar surface area (TPSA) is 107 Å². The lowest BCUT2D eigenvalue weighted by molar-refractivity contribution is -0.122. The van der Waals surface area contributed by atoms with Crippen LogP contribution in [0.3, 0.4) is 0 Å². The lowest BCUT2D eigenvalue weighted by Gasteiger charge is -2.21. The van der Waals surface area contributed by atoms with Gasteiger partial charge >= 0.3 is 0 Å². The number of ether oxygens (including phenoxy) is 2. The second-order valence-corrected chi connectivity index (χ2v) is 11.2. The highest BCUT2D eigenvalue weighted by atomic mass is 32.2. The van der Waals surface area contributed by atoms with Crippen molar-refractivity contribution < 1.29 is 22.7 Å². The second-order valence-electron chi connectivity index (χ2n) is 9.50. The summed E-state index contributed by atoms with van der Waals surface area (Å²) in [5.41, 5.74) is 2.54. The molecule has 0 radical (unpaired) electrons. The summed E-state index contributed by atoms with van der Waals surface area (Å²) in [7, 11) is -2.68. The summed E-state index contributed by atoms with van der Waals surface area (Å²) in [5.74, 6) is 0.0996. The molecule has 0 saturated heterocycles. The Morgan fingerprint density at radius 3 is 2.63 bits per heavy atom. The van der Waals surface area contributed by atoms with Crippen LogP contribution in [0.15, 0.2) is 71.8 Å². The average Bonchev–Trinajstić information content (AvgIpc) is 3.65. The standard InChI is InChI=1S/C29H29N3O5S/c1-5-37-27-14-11-20(17-30-27)23-16-29(23,22-15-18(2)9-13-25(22)36-4)28(33)32-38(34,35)26-8-6-7-24-21(26)12-10-19(3)31-24/h6-15,17,23H,5,16H2,1-4H3,(H,32,33)/t23-,29-/m1/s1. The van der Waals surface area contributed by atoms with E-state index in [1.807, 2.05) is 39.0 Å². The Balaban J connectivity index is 1.57. The van der Waals surface area contributed by atoms with Gasteiger partial charge in [0.2, 0.25) is 11.8 Å². The molecule has 1 aliphatic carbocycles. The van der Waals surface area contributed by atoms with Gasteiger partial charge in [-0.05, 0) is 63.1 Å². The van der Waals surface area contributed by atoms with Crippen molar-refractivity contribution in [2.75, 3.05) is 13.7 Å². The van der Waals surface area contributed by atoms with Crippen molar-refractivity contribution in [3.8, 4) is 11.6 Å². The average molecular weight is 532 g/mol. The Morgan fingerprint density at radius 2 is 1.92 bits per heavy atom. The van der Waals surface area contributed by atoms with E-state index < -0.39 is 21.3 Å². The number of nitrogens with one attached hydrogen (secondary N) is 1. The summed E-state index contributed by atoms with van der Waals surface area (Å²) in [6.07, 6.45) is 2.08. The molecule has 0 unspecified atom stereocenters. The largest absolute Gasteiger partial charge is 0.496 e. The van der Waals surface area contributed by atoms with Crippen LogP contribution in [0.1, 0.15) is 41.6 Å². The Labute approximate surface area is 222 Å². The van der Waals surface area contributed by atoms with E-state index in [9.17, 15) is 13.2 Å². The molecule has 0 aliphatic heterocycles. The fraction of sp³-hybridized carbons (Fsp3) is 0.276. The zero-order valence-corrected chi connectivity index (χ0v) is 22.5. The fourth-order valence-electron chi connectivity index (χ4n) is 5.07. The molecule has 9 heteroatoms. The predicted molar refractivity (Wildman–Crippen MR) is 144 cm³/mol. The van der Waals surface area contributed by atoms with E-state index >= 15 is 0 Å². The molecular formula is C29H29N3O5S. The number of aryl methyl sites for hydroxylation is 2. The minimum atomic E-state index is -4.22. The van der Waals surface area contributed by atoms with Gasteiger partial charge in [-0.15, -0.1) is 0 Å². The van der Waals surface area contributed by atoms with E-state index in [1.165, 1.54) is 13.2 Å². The summed E-state index contributed by atoms with van der Waals surface area (Å²) in [5, 5.41) is 0.448. The third-order valence-corrected chi connectivity index (χ3v) is 8.39. The lowest BCUT2D eigenvalue weighted by Crippen LogP contribution is -2.40. The van der Waals surface area contributed by atoms with Crippen LogP contribution in [-0.2, 0) is 20.2 Å². The van der Waals surface area contributed by atoms with E-state index in [1.54, 1.807) is 42.6 Å². The molecule has 2 atom stereocenters. The minimum Gasteiger partial charge on any atom is -0.496 e. The summed E-state index contributed by atoms with van der Waals surface area (Å²) in [6.45, 7) is 6.13. The van der Waals surface area contributed by atoms with Crippen molar-refractivity contribution >= 4 is 26.8 Å². The molecule has 1 amide bonds. The maximum absolute atomic E-state index is 14.0. The van der Waals surface area contributed by atoms with Gasteiger partial charge in [-0.1, -0.05) is 29.8 Å². The monoisotopic (exact) mass is 531 g/mol. The van der Waals surface area contributed by atoms with Crippen molar-refractivity contribution in [2.24, 2.45) is 0 Å². The van der Waals surface area contributed by atoms with Crippen molar-refractivity contribution in [2.45, 2.75) is 43.4 Å². The van der Waals surface area contributed by atoms with Crippen LogP contribution in [0.4, 0.5) is 0 Å². The van der Waals surface area contributed by atoms with Crippen molar-refractivity contribution in [1.82, 2.24) is 14.7 Å². The molecular weight excluding hydrogens is 502 g/mol. The molecule has 2 heterocycles. The van der Waals surface area contributed by atoms with Crippen LogP contribution in [0.5, 0.6) is 11.6 Å². The lowest BCUT2D eigenvalue weighted by atomic mass is 9.88. The Bertz CT molecular complexity index is 1640. The van der Waals surface area contributed by atoms with E-state index in [0.29, 0.717) is 41.1 Å². The van der Waals surface area contributed by atoms with Gasteiger partial charge in [0, 0.05) is 34.8 Å². The van der Waals surface area contributed by atoms with Crippen LogP contribution in [0.2, 0.25) is 0 Å². The molecule has 4 aromatic rings. The maximum atomic E-state index is 14.0. The number of rotatable bonds is 8. The van der Waals surface area contributed by atoms with Crippen LogP contribution in [-0.4, -0.2) is 38.0 Å². The number of aromatic nitrogens is 2. The summed E-state index contributed by atoms with van der Waals surface area (Å²) in [6, 6.07) is 17.5. The number of pyridine rings is 2. The zero-order chi connectivity index (χ0) is 27.1. The van der Waals surface area contributed by atoms with Crippen LogP contribution in [0, 0.1) is 13.8 Å². The van der Waals surface area contributed by atoms with Crippen molar-refractivity contribution in [3.05, 3.63) is 89.2 Å². The summed E-state index contributed by atoms with van der Waals surface area (Å²) < 4.78 is 40.7. The third kappa shape index (κ3) is 4.47. The number of fused-ring (bicyclic) bond motifs is 1. The molecule has 5 rings (SSSR count). The van der Waals surface area contributed by atoms with Gasteiger partial charge in [-0.3, -0.25) is 9.78 Å². The van der Waals surface area contributed by atoms with E-state index in [0.717, 1.165) is 16.8 Å². The first-order valence-electron chi connectivity index (χ1n) is 12.4. The molecule has 0 bridgehead atoms. The molecule has 2 aromatic carbocycles. The van der Waals surface area contributed by atoms with E-state index in [4.69, 9.17) is 9.47 Å². The van der Waals surface area contributed by atoms with Crippen molar-refractivity contribution in [3.63, 3.8) is 0 Å². The third-order valence-electron chi connectivity index (χ3n) is 7.00. The molecule has 38 heavy (non-hydrogen) atoms. The highest BCUT2D eigenvalue weighted by molar-refractivity contribution is 7.90. The Hall–Kier alpha value is -3.98. The van der Waals surface area contributed by atoms with Crippen LogP contribution >= 0.6 is 0 Å². The maximum Gasteiger partial charge on any atom is 0.264 e. The quantitative estimate of drug-likeness (QED) is 0.354. The Kier molecular flexibility index (Phi) is 6.56. The number of hydrogen-bond donors (Lipinski definition) is 1. The Morgan fingerprint density at radius 1 is 1.11 bits per heavy atom. The number of carbonyl (C=O) groups excluding carboxylic acids is 1. The number of sulfonamides is 1. The minimum absolute atomic E-state index is 0.00198. The van der Waals surface area contributed by atoms with E-state index in [2.05, 4.69) is 14.7 Å². The number of nitrogens with zero attached hydrogens (tertiary/aromatic N) is 2. The first kappa shape index (κ1) is 25.7. The van der Waals surface area contributed by atoms with Gasteiger partial charge in [0.25, 0.3) is 10.0 Å². The molecule has 1 saturated carbocycles. The molecule has 1 fully saturated rings. The molecule has 196 valence electrons. The van der Waals surface area contributed by atoms with Crippen molar-refractivity contribution in [1.29, 1.82) is 0 Å².